The molecule has 180 valence electrons. The van der Waals surface area contributed by atoms with Crippen molar-refractivity contribution in [1.82, 2.24) is 15.2 Å². The number of nitrogens with one attached hydrogen (secondary N) is 1. The van der Waals surface area contributed by atoms with Gasteiger partial charge >= 0.3 is 0 Å². The number of carbonyl (C=O) groups is 2. The molecule has 7 nitrogen and oxygen atoms in total. The molecule has 0 atom stereocenters. The number of carbonyl (C=O) groups excluding carboxylic acids is 2. The first-order chi connectivity index (χ1) is 17.2. The van der Waals surface area contributed by atoms with Crippen molar-refractivity contribution in [3.05, 3.63) is 89.7 Å². The molecule has 0 unspecified atom stereocenters. The number of fused-ring (bicyclic) bond motifs is 1. The van der Waals surface area contributed by atoms with Gasteiger partial charge in [0.15, 0.2) is 6.61 Å². The summed E-state index contributed by atoms with van der Waals surface area (Å²) in [4.78, 5) is 33.7. The summed E-state index contributed by atoms with van der Waals surface area (Å²) in [5.74, 6) is 1.08. The molecule has 35 heavy (non-hydrogen) atoms. The first-order valence-corrected chi connectivity index (χ1v) is 12.2. The molecule has 1 fully saturated rings. The lowest BCUT2D eigenvalue weighted by atomic mass is 9.86. The predicted octanol–water partition coefficient (Wildman–Crippen LogP) is 3.62. The fourth-order valence-electron chi connectivity index (χ4n) is 4.95. The van der Waals surface area contributed by atoms with Crippen molar-refractivity contribution < 1.29 is 14.3 Å². The van der Waals surface area contributed by atoms with E-state index in [-0.39, 0.29) is 18.4 Å². The minimum absolute atomic E-state index is 0.00490. The molecule has 7 heteroatoms. The van der Waals surface area contributed by atoms with Gasteiger partial charge in [-0.15, -0.1) is 0 Å². The number of hydrogen-bond donors (Lipinski definition) is 1. The van der Waals surface area contributed by atoms with Crippen LogP contribution in [-0.2, 0) is 11.3 Å². The lowest BCUT2D eigenvalue weighted by molar-refractivity contribution is -0.121. The van der Waals surface area contributed by atoms with E-state index in [1.165, 1.54) is 0 Å². The molecule has 5 rings (SSSR count). The van der Waals surface area contributed by atoms with Gasteiger partial charge in [0.1, 0.15) is 5.75 Å². The number of amides is 2. The Kier molecular flexibility index (Phi) is 7.04. The number of nitrogens with zero attached hydrogens (tertiary/aromatic N) is 3. The van der Waals surface area contributed by atoms with E-state index in [2.05, 4.69) is 21.3 Å². The van der Waals surface area contributed by atoms with Crippen molar-refractivity contribution in [3.63, 3.8) is 0 Å². The van der Waals surface area contributed by atoms with Gasteiger partial charge in [0.25, 0.3) is 11.8 Å². The van der Waals surface area contributed by atoms with E-state index in [1.54, 1.807) is 12.4 Å². The van der Waals surface area contributed by atoms with Gasteiger partial charge in [-0.25, -0.2) is 0 Å². The first-order valence-electron chi connectivity index (χ1n) is 12.2. The SMILES string of the molecule is O=C(NCc1ccncc1)c1ccccc1C1CCN(CCN2C(=O)COc3ccccc32)CC1. The second-order valence-electron chi connectivity index (χ2n) is 9.04. The molecular weight excluding hydrogens is 440 g/mol. The highest BCUT2D eigenvalue weighted by molar-refractivity contribution is 5.97. The Balaban J connectivity index is 1.17. The first kappa shape index (κ1) is 23.1. The lowest BCUT2D eigenvalue weighted by Gasteiger charge is -2.35. The van der Waals surface area contributed by atoms with Crippen LogP contribution >= 0.6 is 0 Å². The maximum Gasteiger partial charge on any atom is 0.265 e. The molecule has 2 aliphatic rings. The zero-order valence-corrected chi connectivity index (χ0v) is 19.7. The molecule has 1 saturated heterocycles. The molecule has 1 N–H and O–H groups in total. The summed E-state index contributed by atoms with van der Waals surface area (Å²) in [7, 11) is 0. The van der Waals surface area contributed by atoms with Crippen molar-refractivity contribution in [2.24, 2.45) is 0 Å². The van der Waals surface area contributed by atoms with Crippen LogP contribution in [0.2, 0.25) is 0 Å². The predicted molar refractivity (Wildman–Crippen MR) is 135 cm³/mol. The van der Waals surface area contributed by atoms with Crippen molar-refractivity contribution >= 4 is 17.5 Å². The molecule has 3 heterocycles. The van der Waals surface area contributed by atoms with Gasteiger partial charge in [0.2, 0.25) is 0 Å². The minimum atomic E-state index is -0.0377. The van der Waals surface area contributed by atoms with E-state index in [0.29, 0.717) is 19.0 Å². The van der Waals surface area contributed by atoms with Crippen LogP contribution in [0, 0.1) is 0 Å². The standard InChI is InChI=1S/C28H30N4O3/c33-27-20-35-26-8-4-3-7-25(26)32(27)18-17-31-15-11-22(12-16-31)23-5-1-2-6-24(23)28(34)30-19-21-9-13-29-14-10-21/h1-10,13-14,22H,11-12,15-20H2,(H,30,34). The lowest BCUT2D eigenvalue weighted by Crippen LogP contribution is -2.45. The molecule has 0 radical (unpaired) electrons. The topological polar surface area (TPSA) is 74.8 Å². The summed E-state index contributed by atoms with van der Waals surface area (Å²) in [6, 6.07) is 19.5. The van der Waals surface area contributed by atoms with Crippen molar-refractivity contribution in [2.45, 2.75) is 25.3 Å². The Morgan fingerprint density at radius 3 is 2.54 bits per heavy atom. The number of para-hydroxylation sites is 2. The summed E-state index contributed by atoms with van der Waals surface area (Å²) in [5, 5.41) is 3.05. The van der Waals surface area contributed by atoms with E-state index < -0.39 is 0 Å². The number of ether oxygens (including phenoxy) is 1. The van der Waals surface area contributed by atoms with Gasteiger partial charge in [-0.1, -0.05) is 30.3 Å². The summed E-state index contributed by atoms with van der Waals surface area (Å²) < 4.78 is 5.55. The average Bonchev–Trinajstić information content (AvgIpc) is 2.92. The van der Waals surface area contributed by atoms with Crippen LogP contribution in [0.5, 0.6) is 5.75 Å². The molecule has 0 aliphatic carbocycles. The Labute approximate surface area is 205 Å². The number of hydrogen-bond acceptors (Lipinski definition) is 5. The number of pyridine rings is 1. The van der Waals surface area contributed by atoms with E-state index in [4.69, 9.17) is 4.74 Å². The second kappa shape index (κ2) is 10.7. The largest absolute Gasteiger partial charge is 0.482 e. The molecule has 0 spiro atoms. The molecule has 0 bridgehead atoms. The number of anilines is 1. The van der Waals surface area contributed by atoms with E-state index >= 15 is 0 Å². The van der Waals surface area contributed by atoms with Crippen molar-refractivity contribution in [1.29, 1.82) is 0 Å². The van der Waals surface area contributed by atoms with E-state index in [1.807, 2.05) is 59.5 Å². The zero-order valence-electron chi connectivity index (χ0n) is 19.7. The van der Waals surface area contributed by atoms with Gasteiger partial charge in [0.05, 0.1) is 5.69 Å². The minimum Gasteiger partial charge on any atom is -0.482 e. The third-order valence-corrected chi connectivity index (χ3v) is 6.88. The summed E-state index contributed by atoms with van der Waals surface area (Å²) in [5.41, 5.74) is 3.76. The quantitative estimate of drug-likeness (QED) is 0.571. The van der Waals surface area contributed by atoms with E-state index in [9.17, 15) is 9.59 Å². The molecule has 3 aromatic rings. The molecule has 2 aromatic carbocycles. The van der Waals surface area contributed by atoms with Gasteiger partial charge in [-0.3, -0.25) is 14.6 Å². The number of rotatable bonds is 7. The van der Waals surface area contributed by atoms with Gasteiger partial charge in [0, 0.05) is 37.6 Å². The van der Waals surface area contributed by atoms with E-state index in [0.717, 1.165) is 60.6 Å². The second-order valence-corrected chi connectivity index (χ2v) is 9.04. The Bertz CT molecular complexity index is 1180. The highest BCUT2D eigenvalue weighted by Crippen LogP contribution is 2.33. The molecule has 2 amide bonds. The third-order valence-electron chi connectivity index (χ3n) is 6.88. The highest BCUT2D eigenvalue weighted by Gasteiger charge is 2.28. The number of piperidine rings is 1. The summed E-state index contributed by atoms with van der Waals surface area (Å²) in [6.45, 7) is 3.94. The molecule has 2 aliphatic heterocycles. The van der Waals surface area contributed by atoms with Crippen LogP contribution in [0.3, 0.4) is 0 Å². The van der Waals surface area contributed by atoms with Crippen LogP contribution in [0.1, 0.15) is 40.2 Å². The summed E-state index contributed by atoms with van der Waals surface area (Å²) in [6.07, 6.45) is 5.44. The molecule has 1 aromatic heterocycles. The van der Waals surface area contributed by atoms with Crippen molar-refractivity contribution in [3.8, 4) is 5.75 Å². The van der Waals surface area contributed by atoms with Crippen molar-refractivity contribution in [2.75, 3.05) is 37.7 Å². The monoisotopic (exact) mass is 470 g/mol. The molecule has 0 saturated carbocycles. The normalized spacial score (nSPS) is 16.5. The Hall–Kier alpha value is -3.71. The maximum absolute atomic E-state index is 13.0. The fourth-order valence-corrected chi connectivity index (χ4v) is 4.95. The number of aromatic nitrogens is 1. The third kappa shape index (κ3) is 5.35. The number of likely N-dealkylation sites (tertiary alicyclic amines) is 1. The average molecular weight is 471 g/mol. The van der Waals surface area contributed by atoms with Gasteiger partial charge in [-0.05, 0) is 73.3 Å². The van der Waals surface area contributed by atoms with Crippen LogP contribution in [0.25, 0.3) is 0 Å². The summed E-state index contributed by atoms with van der Waals surface area (Å²) >= 11 is 0. The maximum atomic E-state index is 13.0. The number of benzene rings is 2. The Morgan fingerprint density at radius 2 is 1.71 bits per heavy atom. The fraction of sp³-hybridized carbons (Fsp3) is 0.321. The van der Waals surface area contributed by atoms with Crippen LogP contribution in [-0.4, -0.2) is 54.5 Å². The smallest absolute Gasteiger partial charge is 0.265 e. The highest BCUT2D eigenvalue weighted by atomic mass is 16.5. The van der Waals surface area contributed by atoms with Crippen LogP contribution in [0.15, 0.2) is 73.1 Å². The van der Waals surface area contributed by atoms with Crippen LogP contribution < -0.4 is 15.0 Å². The molecular formula is C28H30N4O3. The van der Waals surface area contributed by atoms with Gasteiger partial charge in [-0.2, -0.15) is 0 Å². The van der Waals surface area contributed by atoms with Crippen LogP contribution in [0.4, 0.5) is 5.69 Å². The van der Waals surface area contributed by atoms with Gasteiger partial charge < -0.3 is 19.9 Å². The zero-order chi connectivity index (χ0) is 24.0. The Morgan fingerprint density at radius 1 is 0.971 bits per heavy atom.